The number of rotatable bonds is 5. The standard InChI is InChI=1S/C52H31NO3/c1-2-13-32(14-3-1)35-17-10-18-37(30-35)53(43-23-11-21-39-38-19-6-8-24-44(38)55-51(39)43)42-22-12-26-46-49(42)41-31-47-50(40-20-7-9-25-45(40)54-47)48(52(41)56-46)36-28-27-33-15-4-5-16-34(33)29-36/h1-31H. The van der Waals surface area contributed by atoms with Gasteiger partial charge in [0.1, 0.15) is 27.9 Å². The van der Waals surface area contributed by atoms with Gasteiger partial charge in [-0.05, 0) is 82.1 Å². The van der Waals surface area contributed by atoms with Crippen LogP contribution in [0.3, 0.4) is 0 Å². The summed E-state index contributed by atoms with van der Waals surface area (Å²) in [5.74, 6) is 0. The molecule has 0 unspecified atom stereocenters. The van der Waals surface area contributed by atoms with Gasteiger partial charge >= 0.3 is 0 Å². The molecule has 0 aliphatic carbocycles. The molecule has 0 bridgehead atoms. The lowest BCUT2D eigenvalue weighted by atomic mass is 9.94. The molecule has 56 heavy (non-hydrogen) atoms. The number of benzene rings is 9. The first-order valence-electron chi connectivity index (χ1n) is 18.9. The number of furan rings is 3. The molecule has 0 spiro atoms. The SMILES string of the molecule is c1ccc(-c2cccc(N(c3cccc4c3oc3ccccc34)c3cccc4oc5c(-c6ccc7ccccc7c6)c6c(cc5c34)oc3ccccc36)c2)cc1. The zero-order valence-corrected chi connectivity index (χ0v) is 30.1. The molecular formula is C52H31NO3. The molecule has 0 radical (unpaired) electrons. The normalized spacial score (nSPS) is 11.9. The van der Waals surface area contributed by atoms with Crippen LogP contribution in [-0.2, 0) is 0 Å². The maximum atomic E-state index is 7.08. The lowest BCUT2D eigenvalue weighted by Crippen LogP contribution is -2.10. The van der Waals surface area contributed by atoms with E-state index >= 15 is 0 Å². The Morgan fingerprint density at radius 2 is 0.982 bits per heavy atom. The van der Waals surface area contributed by atoms with Crippen molar-refractivity contribution < 1.29 is 13.3 Å². The molecule has 12 aromatic rings. The second-order valence-corrected chi connectivity index (χ2v) is 14.4. The van der Waals surface area contributed by atoms with E-state index in [1.54, 1.807) is 0 Å². The summed E-state index contributed by atoms with van der Waals surface area (Å²) in [6.45, 7) is 0. The average Bonchev–Trinajstić information content (AvgIpc) is 3.95. The van der Waals surface area contributed by atoms with Crippen molar-refractivity contribution in [1.29, 1.82) is 0 Å². The van der Waals surface area contributed by atoms with E-state index in [4.69, 9.17) is 13.3 Å². The van der Waals surface area contributed by atoms with Crippen LogP contribution in [0.1, 0.15) is 0 Å². The van der Waals surface area contributed by atoms with Gasteiger partial charge in [0.05, 0.1) is 16.8 Å². The largest absolute Gasteiger partial charge is 0.456 e. The molecular weight excluding hydrogens is 687 g/mol. The third-order valence-electron chi connectivity index (χ3n) is 11.2. The topological polar surface area (TPSA) is 42.7 Å². The third kappa shape index (κ3) is 4.60. The molecule has 4 heteroatoms. The minimum absolute atomic E-state index is 0.789. The highest BCUT2D eigenvalue weighted by Crippen LogP contribution is 2.50. The monoisotopic (exact) mass is 717 g/mol. The van der Waals surface area contributed by atoms with Crippen LogP contribution in [0.25, 0.3) is 98.8 Å². The summed E-state index contributed by atoms with van der Waals surface area (Å²) in [7, 11) is 0. The summed E-state index contributed by atoms with van der Waals surface area (Å²) in [5.41, 5.74) is 12.2. The Balaban J connectivity index is 1.20. The van der Waals surface area contributed by atoms with Gasteiger partial charge < -0.3 is 18.2 Å². The van der Waals surface area contributed by atoms with Crippen molar-refractivity contribution in [2.45, 2.75) is 0 Å². The molecule has 0 atom stereocenters. The Morgan fingerprint density at radius 1 is 0.321 bits per heavy atom. The van der Waals surface area contributed by atoms with E-state index in [0.717, 1.165) is 105 Å². The molecule has 9 aromatic carbocycles. The van der Waals surface area contributed by atoms with Gasteiger partial charge in [-0.15, -0.1) is 0 Å². The third-order valence-corrected chi connectivity index (χ3v) is 11.2. The number of hydrogen-bond donors (Lipinski definition) is 0. The first-order valence-corrected chi connectivity index (χ1v) is 18.9. The molecule has 0 saturated heterocycles. The van der Waals surface area contributed by atoms with Gasteiger partial charge in [-0.1, -0.05) is 133 Å². The van der Waals surface area contributed by atoms with E-state index in [1.165, 1.54) is 10.8 Å². The van der Waals surface area contributed by atoms with E-state index in [2.05, 4.69) is 169 Å². The fourth-order valence-corrected chi connectivity index (χ4v) is 8.72. The summed E-state index contributed by atoms with van der Waals surface area (Å²) in [6.07, 6.45) is 0. The fraction of sp³-hybridized carbons (Fsp3) is 0. The quantitative estimate of drug-likeness (QED) is 0.178. The zero-order valence-electron chi connectivity index (χ0n) is 30.1. The molecule has 0 amide bonds. The van der Waals surface area contributed by atoms with Crippen LogP contribution in [0, 0.1) is 0 Å². The van der Waals surface area contributed by atoms with Crippen molar-refractivity contribution in [1.82, 2.24) is 0 Å². The van der Waals surface area contributed by atoms with Crippen LogP contribution in [0.5, 0.6) is 0 Å². The van der Waals surface area contributed by atoms with Gasteiger partial charge in [0.15, 0.2) is 5.58 Å². The summed E-state index contributed by atoms with van der Waals surface area (Å²) in [4.78, 5) is 2.33. The number of para-hydroxylation sites is 3. The Kier molecular flexibility index (Phi) is 6.60. The van der Waals surface area contributed by atoms with Gasteiger partial charge in [-0.2, -0.15) is 0 Å². The van der Waals surface area contributed by atoms with E-state index in [9.17, 15) is 0 Å². The number of anilines is 3. The van der Waals surface area contributed by atoms with Crippen LogP contribution >= 0.6 is 0 Å². The number of nitrogens with zero attached hydrogens (tertiary/aromatic N) is 1. The van der Waals surface area contributed by atoms with Crippen LogP contribution < -0.4 is 4.90 Å². The highest BCUT2D eigenvalue weighted by atomic mass is 16.3. The van der Waals surface area contributed by atoms with Gasteiger partial charge in [0, 0.05) is 38.2 Å². The van der Waals surface area contributed by atoms with Crippen molar-refractivity contribution in [3.05, 3.63) is 188 Å². The highest BCUT2D eigenvalue weighted by molar-refractivity contribution is 6.26. The number of hydrogen-bond acceptors (Lipinski definition) is 4. The van der Waals surface area contributed by atoms with Crippen molar-refractivity contribution in [3.63, 3.8) is 0 Å². The van der Waals surface area contributed by atoms with Gasteiger partial charge in [0.2, 0.25) is 0 Å². The van der Waals surface area contributed by atoms with Crippen molar-refractivity contribution >= 4 is 93.7 Å². The molecule has 3 aromatic heterocycles. The molecule has 262 valence electrons. The Morgan fingerprint density at radius 3 is 1.88 bits per heavy atom. The lowest BCUT2D eigenvalue weighted by Gasteiger charge is -2.26. The molecule has 0 aliphatic rings. The Hall–Kier alpha value is -7.56. The Bertz CT molecular complexity index is 3500. The van der Waals surface area contributed by atoms with Crippen LogP contribution in [0.15, 0.2) is 201 Å². The zero-order chi connectivity index (χ0) is 36.7. The summed E-state index contributed by atoms with van der Waals surface area (Å²) >= 11 is 0. The van der Waals surface area contributed by atoms with Crippen LogP contribution in [0.4, 0.5) is 17.1 Å². The highest BCUT2D eigenvalue weighted by Gasteiger charge is 2.26. The van der Waals surface area contributed by atoms with E-state index in [-0.39, 0.29) is 0 Å². The van der Waals surface area contributed by atoms with Crippen molar-refractivity contribution in [2.75, 3.05) is 4.90 Å². The second kappa shape index (κ2) is 12.0. The second-order valence-electron chi connectivity index (χ2n) is 14.4. The molecule has 0 aliphatic heterocycles. The average molecular weight is 718 g/mol. The van der Waals surface area contributed by atoms with Gasteiger partial charge in [0.25, 0.3) is 0 Å². The minimum Gasteiger partial charge on any atom is -0.456 e. The maximum Gasteiger partial charge on any atom is 0.159 e. The molecule has 0 saturated carbocycles. The first-order chi connectivity index (χ1) is 27.8. The van der Waals surface area contributed by atoms with Crippen LogP contribution in [-0.4, -0.2) is 0 Å². The molecule has 4 nitrogen and oxygen atoms in total. The number of fused-ring (bicyclic) bond motifs is 10. The molecule has 12 rings (SSSR count). The van der Waals surface area contributed by atoms with Gasteiger partial charge in [-0.3, -0.25) is 0 Å². The fourth-order valence-electron chi connectivity index (χ4n) is 8.72. The maximum absolute atomic E-state index is 7.08. The lowest BCUT2D eigenvalue weighted by molar-refractivity contribution is 0.664. The van der Waals surface area contributed by atoms with E-state index in [1.807, 2.05) is 24.3 Å². The molecule has 0 fully saturated rings. The summed E-state index contributed by atoms with van der Waals surface area (Å²) in [5, 5.41) is 8.58. The van der Waals surface area contributed by atoms with Crippen molar-refractivity contribution in [2.24, 2.45) is 0 Å². The van der Waals surface area contributed by atoms with Gasteiger partial charge in [-0.25, -0.2) is 0 Å². The molecule has 0 N–H and O–H groups in total. The Labute approximate surface area is 321 Å². The smallest absolute Gasteiger partial charge is 0.159 e. The van der Waals surface area contributed by atoms with Crippen molar-refractivity contribution in [3.8, 4) is 22.3 Å². The minimum atomic E-state index is 0.789. The predicted molar refractivity (Wildman–Crippen MR) is 231 cm³/mol. The van der Waals surface area contributed by atoms with E-state index in [0.29, 0.717) is 0 Å². The first kappa shape index (κ1) is 30.9. The molecule has 3 heterocycles. The predicted octanol–water partition coefficient (Wildman–Crippen LogP) is 15.3. The van der Waals surface area contributed by atoms with E-state index < -0.39 is 0 Å². The van der Waals surface area contributed by atoms with Crippen LogP contribution in [0.2, 0.25) is 0 Å². The summed E-state index contributed by atoms with van der Waals surface area (Å²) in [6, 6.07) is 65.9. The summed E-state index contributed by atoms with van der Waals surface area (Å²) < 4.78 is 20.5.